The smallest absolute Gasteiger partial charge is 0.246 e. The van der Waals surface area contributed by atoms with E-state index < -0.39 is 6.04 Å². The number of nitrogens with one attached hydrogen (secondary N) is 1. The van der Waals surface area contributed by atoms with E-state index in [9.17, 15) is 9.59 Å². The zero-order valence-corrected chi connectivity index (χ0v) is 15.2. The molecule has 0 aliphatic heterocycles. The van der Waals surface area contributed by atoms with Crippen molar-refractivity contribution < 1.29 is 9.59 Å². The third kappa shape index (κ3) is 5.16. The minimum absolute atomic E-state index is 0.0495. The van der Waals surface area contributed by atoms with Crippen LogP contribution >= 0.6 is 0 Å². The third-order valence-corrected chi connectivity index (χ3v) is 4.01. The summed E-state index contributed by atoms with van der Waals surface area (Å²) in [7, 11) is 5.20. The van der Waals surface area contributed by atoms with Crippen molar-refractivity contribution in [1.82, 2.24) is 9.80 Å². The number of benzene rings is 2. The van der Waals surface area contributed by atoms with Crippen LogP contribution in [0, 0.1) is 6.92 Å². The highest BCUT2D eigenvalue weighted by Gasteiger charge is 2.27. The van der Waals surface area contributed by atoms with Crippen LogP contribution < -0.4 is 5.32 Å². The van der Waals surface area contributed by atoms with Gasteiger partial charge in [0.25, 0.3) is 0 Å². The molecular weight excluding hydrogens is 314 g/mol. The van der Waals surface area contributed by atoms with Crippen LogP contribution in [0.25, 0.3) is 0 Å². The third-order valence-electron chi connectivity index (χ3n) is 4.01. The van der Waals surface area contributed by atoms with Crippen LogP contribution in [-0.4, -0.2) is 49.3 Å². The summed E-state index contributed by atoms with van der Waals surface area (Å²) in [6.45, 7) is 2.16. The van der Waals surface area contributed by atoms with Gasteiger partial charge in [0, 0.05) is 19.8 Å². The number of nitrogens with zero attached hydrogens (tertiary/aromatic N) is 2. The molecule has 0 heterocycles. The number of rotatable bonds is 6. The van der Waals surface area contributed by atoms with Gasteiger partial charge >= 0.3 is 0 Å². The number of carbonyl (C=O) groups excluding carboxylic acids is 2. The van der Waals surface area contributed by atoms with Crippen LogP contribution in [0.2, 0.25) is 0 Å². The van der Waals surface area contributed by atoms with Crippen LogP contribution in [0.3, 0.4) is 0 Å². The molecule has 1 unspecified atom stereocenters. The summed E-state index contributed by atoms with van der Waals surface area (Å²) >= 11 is 0. The molecule has 1 atom stereocenters. The largest absolute Gasteiger partial charge is 0.348 e. The summed E-state index contributed by atoms with van der Waals surface area (Å²) in [4.78, 5) is 28.3. The molecule has 1 N–H and O–H groups in total. The summed E-state index contributed by atoms with van der Waals surface area (Å²) in [6.07, 6.45) is 0. The highest BCUT2D eigenvalue weighted by molar-refractivity contribution is 5.96. The van der Waals surface area contributed by atoms with Crippen molar-refractivity contribution >= 4 is 17.5 Å². The Morgan fingerprint density at radius 3 is 2.12 bits per heavy atom. The van der Waals surface area contributed by atoms with E-state index in [4.69, 9.17) is 0 Å². The maximum Gasteiger partial charge on any atom is 0.246 e. The monoisotopic (exact) mass is 339 g/mol. The number of anilines is 1. The minimum Gasteiger partial charge on any atom is -0.348 e. The zero-order chi connectivity index (χ0) is 18.4. The van der Waals surface area contributed by atoms with Gasteiger partial charge in [-0.3, -0.25) is 14.5 Å². The van der Waals surface area contributed by atoms with Gasteiger partial charge in [-0.15, -0.1) is 0 Å². The van der Waals surface area contributed by atoms with Crippen molar-refractivity contribution in [3.8, 4) is 0 Å². The first-order valence-corrected chi connectivity index (χ1v) is 8.21. The molecule has 0 spiro atoms. The molecule has 132 valence electrons. The summed E-state index contributed by atoms with van der Waals surface area (Å²) < 4.78 is 0. The topological polar surface area (TPSA) is 52.7 Å². The molecule has 0 aliphatic rings. The molecule has 0 aliphatic carbocycles. The van der Waals surface area contributed by atoms with Crippen LogP contribution in [-0.2, 0) is 9.59 Å². The lowest BCUT2D eigenvalue weighted by molar-refractivity contribution is -0.131. The van der Waals surface area contributed by atoms with Gasteiger partial charge < -0.3 is 10.2 Å². The maximum absolute atomic E-state index is 12.9. The van der Waals surface area contributed by atoms with Gasteiger partial charge in [0.2, 0.25) is 11.8 Å². The molecular formula is C20H25N3O2. The van der Waals surface area contributed by atoms with E-state index in [0.717, 1.165) is 16.8 Å². The average Bonchev–Trinajstić information content (AvgIpc) is 2.58. The van der Waals surface area contributed by atoms with Crippen molar-refractivity contribution in [3.63, 3.8) is 0 Å². The van der Waals surface area contributed by atoms with E-state index in [1.54, 1.807) is 26.0 Å². The molecule has 2 amide bonds. The molecule has 5 heteroatoms. The fourth-order valence-corrected chi connectivity index (χ4v) is 2.53. The van der Waals surface area contributed by atoms with Crippen molar-refractivity contribution in [3.05, 3.63) is 65.7 Å². The minimum atomic E-state index is -0.550. The molecule has 2 aromatic carbocycles. The fourth-order valence-electron chi connectivity index (χ4n) is 2.53. The highest BCUT2D eigenvalue weighted by Crippen LogP contribution is 2.22. The van der Waals surface area contributed by atoms with Gasteiger partial charge in [-0.2, -0.15) is 0 Å². The number of likely N-dealkylation sites (N-methyl/N-ethyl adjacent to an activating group) is 2. The van der Waals surface area contributed by atoms with E-state index in [0.29, 0.717) is 0 Å². The number of hydrogen-bond donors (Lipinski definition) is 1. The summed E-state index contributed by atoms with van der Waals surface area (Å²) in [5.74, 6) is -0.212. The Kier molecular flexibility index (Phi) is 6.31. The fraction of sp³-hybridized carbons (Fsp3) is 0.300. The number of aryl methyl sites for hydroxylation is 1. The summed E-state index contributed by atoms with van der Waals surface area (Å²) in [6, 6.07) is 16.6. The van der Waals surface area contributed by atoms with Crippen molar-refractivity contribution in [2.24, 2.45) is 0 Å². The average molecular weight is 339 g/mol. The highest BCUT2D eigenvalue weighted by atomic mass is 16.2. The zero-order valence-electron chi connectivity index (χ0n) is 15.2. The van der Waals surface area contributed by atoms with Crippen LogP contribution in [0.1, 0.15) is 17.2 Å². The van der Waals surface area contributed by atoms with Gasteiger partial charge in [-0.25, -0.2) is 0 Å². The quantitative estimate of drug-likeness (QED) is 0.880. The Labute approximate surface area is 149 Å². The Morgan fingerprint density at radius 2 is 1.56 bits per heavy atom. The van der Waals surface area contributed by atoms with E-state index in [2.05, 4.69) is 5.32 Å². The second kappa shape index (κ2) is 8.44. The second-order valence-corrected chi connectivity index (χ2v) is 6.37. The van der Waals surface area contributed by atoms with E-state index in [1.165, 1.54) is 4.90 Å². The van der Waals surface area contributed by atoms with Crippen molar-refractivity contribution in [2.75, 3.05) is 33.0 Å². The molecule has 2 rings (SSSR count). The van der Waals surface area contributed by atoms with Crippen LogP contribution in [0.5, 0.6) is 0 Å². The molecule has 2 aromatic rings. The standard InChI is InChI=1S/C20H25N3O2/c1-15-10-12-17(13-11-15)21-20(25)19(16-8-6-5-7-9-16)23(4)14-18(24)22(2)3/h5-13,19H,14H2,1-4H3,(H,21,25). The molecule has 25 heavy (non-hydrogen) atoms. The van der Waals surface area contributed by atoms with Crippen LogP contribution in [0.15, 0.2) is 54.6 Å². The molecule has 0 saturated heterocycles. The first-order valence-electron chi connectivity index (χ1n) is 8.21. The summed E-state index contributed by atoms with van der Waals surface area (Å²) in [5.41, 5.74) is 2.72. The number of carbonyl (C=O) groups is 2. The van der Waals surface area contributed by atoms with E-state index in [-0.39, 0.29) is 18.4 Å². The Balaban J connectivity index is 2.23. The van der Waals surface area contributed by atoms with Gasteiger partial charge in [-0.05, 0) is 31.7 Å². The normalized spacial score (nSPS) is 11.9. The van der Waals surface area contributed by atoms with Crippen LogP contribution in [0.4, 0.5) is 5.69 Å². The first kappa shape index (κ1) is 18.7. The lowest BCUT2D eigenvalue weighted by atomic mass is 10.0. The lowest BCUT2D eigenvalue weighted by Gasteiger charge is -2.28. The van der Waals surface area contributed by atoms with Gasteiger partial charge in [0.15, 0.2) is 0 Å². The molecule has 5 nitrogen and oxygen atoms in total. The molecule has 0 fully saturated rings. The molecule has 0 bridgehead atoms. The van der Waals surface area contributed by atoms with Crippen molar-refractivity contribution in [1.29, 1.82) is 0 Å². The molecule has 0 saturated carbocycles. The predicted molar refractivity (Wildman–Crippen MR) is 100 cm³/mol. The second-order valence-electron chi connectivity index (χ2n) is 6.37. The maximum atomic E-state index is 12.9. The summed E-state index contributed by atoms with van der Waals surface area (Å²) in [5, 5.41) is 2.95. The SMILES string of the molecule is Cc1ccc(NC(=O)C(c2ccccc2)N(C)CC(=O)N(C)C)cc1. The van der Waals surface area contributed by atoms with Gasteiger partial charge in [0.1, 0.15) is 6.04 Å². The van der Waals surface area contributed by atoms with Gasteiger partial charge in [0.05, 0.1) is 6.54 Å². The van der Waals surface area contributed by atoms with E-state index in [1.807, 2.05) is 61.5 Å². The molecule has 0 radical (unpaired) electrons. The number of hydrogen-bond acceptors (Lipinski definition) is 3. The van der Waals surface area contributed by atoms with Gasteiger partial charge in [-0.1, -0.05) is 48.0 Å². The first-order chi connectivity index (χ1) is 11.9. The number of amides is 2. The molecule has 0 aromatic heterocycles. The lowest BCUT2D eigenvalue weighted by Crippen LogP contribution is -2.41. The Bertz CT molecular complexity index is 711. The van der Waals surface area contributed by atoms with Crippen molar-refractivity contribution in [2.45, 2.75) is 13.0 Å². The Morgan fingerprint density at radius 1 is 0.960 bits per heavy atom. The predicted octanol–water partition coefficient (Wildman–Crippen LogP) is 2.69. The van der Waals surface area contributed by atoms with E-state index >= 15 is 0 Å². The Hall–Kier alpha value is -2.66.